The molecule has 1 aliphatic rings. The molecule has 0 atom stereocenters. The highest BCUT2D eigenvalue weighted by Crippen LogP contribution is 2.33. The van der Waals surface area contributed by atoms with E-state index in [2.05, 4.69) is 21.8 Å². The van der Waals surface area contributed by atoms with Gasteiger partial charge in [0, 0.05) is 30.6 Å². The van der Waals surface area contributed by atoms with Crippen LogP contribution in [-0.4, -0.2) is 32.9 Å². The van der Waals surface area contributed by atoms with Crippen molar-refractivity contribution in [3.63, 3.8) is 0 Å². The van der Waals surface area contributed by atoms with Crippen molar-refractivity contribution in [2.24, 2.45) is 0 Å². The van der Waals surface area contributed by atoms with Crippen LogP contribution in [0.1, 0.15) is 23.3 Å². The van der Waals surface area contributed by atoms with E-state index in [4.69, 9.17) is 10.7 Å². The van der Waals surface area contributed by atoms with E-state index in [9.17, 15) is 0 Å². The molecule has 100 valence electrons. The van der Waals surface area contributed by atoms with E-state index in [1.807, 2.05) is 6.92 Å². The molecule has 0 saturated carbocycles. The number of nitrogens with two attached hydrogens (primary N) is 1. The molecule has 5 nitrogen and oxygen atoms in total. The van der Waals surface area contributed by atoms with Gasteiger partial charge in [0.1, 0.15) is 16.6 Å². The van der Waals surface area contributed by atoms with Gasteiger partial charge in [0.2, 0.25) is 0 Å². The fraction of sp³-hybridized carbons (Fsp3) is 0.462. The van der Waals surface area contributed by atoms with E-state index in [1.165, 1.54) is 10.6 Å². The zero-order chi connectivity index (χ0) is 13.4. The lowest BCUT2D eigenvalue weighted by atomic mass is 10.2. The maximum atomic E-state index is 5.97. The average Bonchev–Trinajstić information content (AvgIpc) is 2.80. The quantitative estimate of drug-likeness (QED) is 0.906. The number of hydrogen-bond donors (Lipinski definition) is 1. The Morgan fingerprint density at radius 3 is 3.00 bits per heavy atom. The standard InChI is InChI=1S/C13H17N5S/c1-3-18-5-4-10-11(7-18)19-13(17-10)9-6-15-8(2)16-12(9)14/h6H,3-5,7H2,1-2H3,(H2,14,15,16). The Hall–Kier alpha value is -1.53. The highest BCUT2D eigenvalue weighted by molar-refractivity contribution is 7.15. The highest BCUT2D eigenvalue weighted by Gasteiger charge is 2.21. The molecule has 3 heterocycles. The molecule has 19 heavy (non-hydrogen) atoms. The van der Waals surface area contributed by atoms with Crippen molar-refractivity contribution in [2.45, 2.75) is 26.8 Å². The van der Waals surface area contributed by atoms with Gasteiger partial charge in [-0.05, 0) is 13.5 Å². The lowest BCUT2D eigenvalue weighted by Gasteiger charge is -2.23. The van der Waals surface area contributed by atoms with Gasteiger partial charge in [-0.15, -0.1) is 11.3 Å². The SMILES string of the molecule is CCN1CCc2nc(-c3cnc(C)nc3N)sc2C1. The van der Waals surface area contributed by atoms with Crippen molar-refractivity contribution in [2.75, 3.05) is 18.8 Å². The first-order valence-electron chi connectivity index (χ1n) is 6.47. The predicted molar refractivity (Wildman–Crippen MR) is 76.9 cm³/mol. The third-order valence-electron chi connectivity index (χ3n) is 3.43. The van der Waals surface area contributed by atoms with Crippen LogP contribution in [0.3, 0.4) is 0 Å². The molecule has 2 N–H and O–H groups in total. The number of hydrogen-bond acceptors (Lipinski definition) is 6. The van der Waals surface area contributed by atoms with E-state index in [-0.39, 0.29) is 0 Å². The molecule has 1 aliphatic heterocycles. The van der Waals surface area contributed by atoms with Crippen LogP contribution < -0.4 is 5.73 Å². The van der Waals surface area contributed by atoms with Gasteiger partial charge >= 0.3 is 0 Å². The lowest BCUT2D eigenvalue weighted by molar-refractivity contribution is 0.270. The minimum atomic E-state index is 0.519. The molecule has 0 fully saturated rings. The summed E-state index contributed by atoms with van der Waals surface area (Å²) in [5.41, 5.74) is 8.04. The first-order valence-corrected chi connectivity index (χ1v) is 7.29. The monoisotopic (exact) mass is 275 g/mol. The number of nitrogens with zero attached hydrogens (tertiary/aromatic N) is 4. The van der Waals surface area contributed by atoms with Gasteiger partial charge in [-0.1, -0.05) is 6.92 Å². The second kappa shape index (κ2) is 4.86. The summed E-state index contributed by atoms with van der Waals surface area (Å²) >= 11 is 1.71. The summed E-state index contributed by atoms with van der Waals surface area (Å²) in [5, 5.41) is 0.945. The molecule has 0 bridgehead atoms. The molecule has 0 aromatic carbocycles. The Kier molecular flexibility index (Phi) is 3.20. The van der Waals surface area contributed by atoms with Crippen LogP contribution >= 0.6 is 11.3 Å². The van der Waals surface area contributed by atoms with Gasteiger partial charge in [0.25, 0.3) is 0 Å². The molecule has 0 amide bonds. The van der Waals surface area contributed by atoms with E-state index in [1.54, 1.807) is 17.5 Å². The van der Waals surface area contributed by atoms with Crippen molar-refractivity contribution in [3.05, 3.63) is 22.6 Å². The zero-order valence-electron chi connectivity index (χ0n) is 11.2. The number of aryl methyl sites for hydroxylation is 1. The van der Waals surface area contributed by atoms with Crippen molar-refractivity contribution in [1.29, 1.82) is 0 Å². The molecule has 2 aromatic rings. The van der Waals surface area contributed by atoms with Crippen LogP contribution in [0.4, 0.5) is 5.82 Å². The Morgan fingerprint density at radius 1 is 1.42 bits per heavy atom. The summed E-state index contributed by atoms with van der Waals surface area (Å²) in [6.07, 6.45) is 2.80. The first kappa shape index (κ1) is 12.5. The molecule has 0 spiro atoms. The van der Waals surface area contributed by atoms with E-state index < -0.39 is 0 Å². The number of anilines is 1. The van der Waals surface area contributed by atoms with Crippen LogP contribution in [0.2, 0.25) is 0 Å². The summed E-state index contributed by atoms with van der Waals surface area (Å²) in [6.45, 7) is 7.20. The number of rotatable bonds is 2. The molecule has 0 aliphatic carbocycles. The van der Waals surface area contributed by atoms with Gasteiger partial charge in [-0.2, -0.15) is 0 Å². The van der Waals surface area contributed by atoms with Crippen molar-refractivity contribution in [1.82, 2.24) is 19.9 Å². The van der Waals surface area contributed by atoms with Crippen LogP contribution in [0.15, 0.2) is 6.20 Å². The van der Waals surface area contributed by atoms with Crippen LogP contribution in [0, 0.1) is 6.92 Å². The predicted octanol–water partition coefficient (Wildman–Crippen LogP) is 1.87. The number of fused-ring (bicyclic) bond motifs is 1. The largest absolute Gasteiger partial charge is 0.383 e. The molecule has 2 aromatic heterocycles. The first-order chi connectivity index (χ1) is 9.17. The molecule has 0 unspecified atom stereocenters. The van der Waals surface area contributed by atoms with Gasteiger partial charge in [-0.25, -0.2) is 15.0 Å². The minimum absolute atomic E-state index is 0.519. The summed E-state index contributed by atoms with van der Waals surface area (Å²) < 4.78 is 0. The van der Waals surface area contributed by atoms with Crippen LogP contribution in [0.5, 0.6) is 0 Å². The Bertz CT molecular complexity index is 607. The number of likely N-dealkylation sites (N-methyl/N-ethyl adjacent to an activating group) is 1. The molecule has 0 radical (unpaired) electrons. The van der Waals surface area contributed by atoms with Crippen LogP contribution in [-0.2, 0) is 13.0 Å². The summed E-state index contributed by atoms with van der Waals surface area (Å²) in [5.74, 6) is 1.21. The average molecular weight is 275 g/mol. The van der Waals surface area contributed by atoms with Gasteiger partial charge < -0.3 is 5.73 Å². The Balaban J connectivity index is 1.97. The van der Waals surface area contributed by atoms with E-state index in [0.717, 1.165) is 36.6 Å². The summed E-state index contributed by atoms with van der Waals surface area (Å²) in [7, 11) is 0. The zero-order valence-corrected chi connectivity index (χ0v) is 12.0. The van der Waals surface area contributed by atoms with E-state index in [0.29, 0.717) is 11.6 Å². The molecular weight excluding hydrogens is 258 g/mol. The lowest BCUT2D eigenvalue weighted by Crippen LogP contribution is -2.29. The molecule has 3 rings (SSSR count). The molecule has 0 saturated heterocycles. The third-order valence-corrected chi connectivity index (χ3v) is 4.54. The number of nitrogen functional groups attached to an aromatic ring is 1. The second-order valence-electron chi connectivity index (χ2n) is 4.72. The summed E-state index contributed by atoms with van der Waals surface area (Å²) in [6, 6.07) is 0. The van der Waals surface area contributed by atoms with Gasteiger partial charge in [-0.3, -0.25) is 4.90 Å². The maximum Gasteiger partial charge on any atom is 0.137 e. The van der Waals surface area contributed by atoms with Crippen molar-refractivity contribution >= 4 is 17.2 Å². The van der Waals surface area contributed by atoms with Gasteiger partial charge in [0.05, 0.1) is 11.3 Å². The Morgan fingerprint density at radius 2 is 2.26 bits per heavy atom. The van der Waals surface area contributed by atoms with Crippen molar-refractivity contribution < 1.29 is 0 Å². The fourth-order valence-corrected chi connectivity index (χ4v) is 3.45. The topological polar surface area (TPSA) is 67.9 Å². The third kappa shape index (κ3) is 2.33. The van der Waals surface area contributed by atoms with Crippen molar-refractivity contribution in [3.8, 4) is 10.6 Å². The van der Waals surface area contributed by atoms with Crippen LogP contribution in [0.25, 0.3) is 10.6 Å². The molecular formula is C13H17N5S. The Labute approximate surface area is 116 Å². The smallest absolute Gasteiger partial charge is 0.137 e. The van der Waals surface area contributed by atoms with Gasteiger partial charge in [0.15, 0.2) is 0 Å². The fourth-order valence-electron chi connectivity index (χ4n) is 2.29. The summed E-state index contributed by atoms with van der Waals surface area (Å²) in [4.78, 5) is 16.9. The highest BCUT2D eigenvalue weighted by atomic mass is 32.1. The number of aromatic nitrogens is 3. The minimum Gasteiger partial charge on any atom is -0.383 e. The van der Waals surface area contributed by atoms with E-state index >= 15 is 0 Å². The molecule has 6 heteroatoms. The normalized spacial score (nSPS) is 15.5. The second-order valence-corrected chi connectivity index (χ2v) is 5.81. The maximum absolute atomic E-state index is 5.97. The number of thiazole rings is 1.